The molecule has 0 spiro atoms. The first-order valence-corrected chi connectivity index (χ1v) is 8.74. The van der Waals surface area contributed by atoms with Crippen molar-refractivity contribution in [2.24, 2.45) is 4.99 Å². The molecule has 3 N–H and O–H groups in total. The molecule has 0 aromatic heterocycles. The maximum absolute atomic E-state index is 10.5. The zero-order valence-corrected chi connectivity index (χ0v) is 14.9. The third-order valence-electron chi connectivity index (χ3n) is 4.18. The van der Waals surface area contributed by atoms with Crippen LogP contribution in [0.15, 0.2) is 17.1 Å². The van der Waals surface area contributed by atoms with Gasteiger partial charge in [-0.25, -0.2) is 0 Å². The molecule has 1 aromatic rings. The summed E-state index contributed by atoms with van der Waals surface area (Å²) in [5, 5.41) is 29.0. The number of phenols is 1. The number of rotatable bonds is 7. The van der Waals surface area contributed by atoms with E-state index in [0.29, 0.717) is 23.4 Å². The lowest BCUT2D eigenvalue weighted by molar-refractivity contribution is 0.100. The minimum absolute atomic E-state index is 0.110. The minimum Gasteiger partial charge on any atom is -0.507 e. The van der Waals surface area contributed by atoms with E-state index in [9.17, 15) is 10.2 Å². The SMILES string of the molecule is CCCCCc1cc(O)c2c(c1)OC(C)(C)CC2=NCC(O)CO. The topological polar surface area (TPSA) is 82.3 Å². The van der Waals surface area contributed by atoms with Crippen molar-refractivity contribution < 1.29 is 20.1 Å². The number of phenolic OH excluding ortho intramolecular Hbond substituents is 1. The maximum atomic E-state index is 10.5. The van der Waals surface area contributed by atoms with E-state index in [1.54, 1.807) is 6.07 Å². The normalized spacial score (nSPS) is 19.0. The summed E-state index contributed by atoms with van der Waals surface area (Å²) in [5.74, 6) is 0.821. The van der Waals surface area contributed by atoms with Gasteiger partial charge < -0.3 is 20.1 Å². The molecule has 0 radical (unpaired) electrons. The number of aryl methyl sites for hydroxylation is 1. The highest BCUT2D eigenvalue weighted by atomic mass is 16.5. The molecule has 1 aliphatic rings. The van der Waals surface area contributed by atoms with Gasteiger partial charge in [-0.05, 0) is 44.4 Å². The van der Waals surface area contributed by atoms with E-state index in [1.165, 1.54) is 0 Å². The summed E-state index contributed by atoms with van der Waals surface area (Å²) in [6.07, 6.45) is 3.97. The fourth-order valence-corrected chi connectivity index (χ4v) is 2.98. The maximum Gasteiger partial charge on any atom is 0.133 e. The summed E-state index contributed by atoms with van der Waals surface area (Å²) in [6, 6.07) is 3.78. The summed E-state index contributed by atoms with van der Waals surface area (Å²) in [6.45, 7) is 5.91. The van der Waals surface area contributed by atoms with Crippen LogP contribution in [0.5, 0.6) is 11.5 Å². The molecule has 0 bridgehead atoms. The number of hydrogen-bond acceptors (Lipinski definition) is 5. The Morgan fingerprint density at radius 2 is 2.04 bits per heavy atom. The third kappa shape index (κ3) is 4.71. The van der Waals surface area contributed by atoms with Crippen LogP contribution in [0.3, 0.4) is 0 Å². The van der Waals surface area contributed by atoms with Crippen LogP contribution >= 0.6 is 0 Å². The minimum atomic E-state index is -0.887. The summed E-state index contributed by atoms with van der Waals surface area (Å²) in [5.41, 5.74) is 1.96. The highest BCUT2D eigenvalue weighted by Crippen LogP contribution is 2.39. The molecular weight excluding hydrogens is 306 g/mol. The van der Waals surface area contributed by atoms with Crippen LogP contribution in [-0.2, 0) is 6.42 Å². The van der Waals surface area contributed by atoms with E-state index in [-0.39, 0.29) is 18.9 Å². The molecule has 5 nitrogen and oxygen atoms in total. The number of aliphatic hydroxyl groups excluding tert-OH is 2. The number of unbranched alkanes of at least 4 members (excludes halogenated alkanes) is 2. The lowest BCUT2D eigenvalue weighted by Crippen LogP contribution is -2.36. The van der Waals surface area contributed by atoms with Crippen molar-refractivity contribution in [3.8, 4) is 11.5 Å². The van der Waals surface area contributed by atoms with Crippen molar-refractivity contribution in [1.82, 2.24) is 0 Å². The summed E-state index contributed by atoms with van der Waals surface area (Å²) >= 11 is 0. The summed E-state index contributed by atoms with van der Waals surface area (Å²) in [4.78, 5) is 4.42. The molecule has 1 atom stereocenters. The van der Waals surface area contributed by atoms with Crippen molar-refractivity contribution in [3.05, 3.63) is 23.3 Å². The second-order valence-electron chi connectivity index (χ2n) is 7.11. The Morgan fingerprint density at radius 3 is 2.71 bits per heavy atom. The molecule has 1 aromatic carbocycles. The Morgan fingerprint density at radius 1 is 1.29 bits per heavy atom. The van der Waals surface area contributed by atoms with Gasteiger partial charge in [0.25, 0.3) is 0 Å². The molecule has 1 unspecified atom stereocenters. The van der Waals surface area contributed by atoms with E-state index in [4.69, 9.17) is 9.84 Å². The van der Waals surface area contributed by atoms with Crippen LogP contribution < -0.4 is 4.74 Å². The van der Waals surface area contributed by atoms with Gasteiger partial charge in [-0.3, -0.25) is 4.99 Å². The standard InChI is InChI=1S/C19H29NO4/c1-4-5-6-7-13-8-16(23)18-15(20-11-14(22)12-21)10-19(2,3)24-17(18)9-13/h8-9,14,21-23H,4-7,10-12H2,1-3H3. The van der Waals surface area contributed by atoms with Crippen LogP contribution in [0.25, 0.3) is 0 Å². The van der Waals surface area contributed by atoms with E-state index < -0.39 is 11.7 Å². The molecule has 0 saturated carbocycles. The number of ether oxygens (including phenoxy) is 1. The Balaban J connectivity index is 2.33. The van der Waals surface area contributed by atoms with Crippen molar-refractivity contribution in [2.75, 3.05) is 13.2 Å². The zero-order chi connectivity index (χ0) is 17.7. The molecule has 24 heavy (non-hydrogen) atoms. The zero-order valence-electron chi connectivity index (χ0n) is 14.9. The fourth-order valence-electron chi connectivity index (χ4n) is 2.98. The van der Waals surface area contributed by atoms with Crippen molar-refractivity contribution >= 4 is 5.71 Å². The van der Waals surface area contributed by atoms with Crippen molar-refractivity contribution in [3.63, 3.8) is 0 Å². The van der Waals surface area contributed by atoms with Gasteiger partial charge in [-0.2, -0.15) is 0 Å². The number of aliphatic imine (C=N–C) groups is 1. The molecule has 134 valence electrons. The summed E-state index contributed by atoms with van der Waals surface area (Å²) in [7, 11) is 0. The molecule has 0 aliphatic carbocycles. The molecule has 1 aliphatic heterocycles. The number of fused-ring (bicyclic) bond motifs is 1. The predicted octanol–water partition coefficient (Wildman–Crippen LogP) is 2.83. The average Bonchev–Trinajstić information content (AvgIpc) is 2.50. The molecule has 0 fully saturated rings. The number of aliphatic hydroxyl groups is 2. The fraction of sp³-hybridized carbons (Fsp3) is 0.632. The first-order valence-electron chi connectivity index (χ1n) is 8.74. The molecule has 2 rings (SSSR count). The van der Waals surface area contributed by atoms with Crippen LogP contribution in [0, 0.1) is 0 Å². The average molecular weight is 335 g/mol. The monoisotopic (exact) mass is 335 g/mol. The number of benzene rings is 1. The number of nitrogens with zero attached hydrogens (tertiary/aromatic N) is 1. The van der Waals surface area contributed by atoms with E-state index in [2.05, 4.69) is 11.9 Å². The quantitative estimate of drug-likeness (QED) is 0.669. The van der Waals surface area contributed by atoms with Gasteiger partial charge in [0, 0.05) is 6.42 Å². The van der Waals surface area contributed by atoms with Gasteiger partial charge in [0.05, 0.1) is 30.5 Å². The van der Waals surface area contributed by atoms with Gasteiger partial charge in [-0.1, -0.05) is 19.8 Å². The smallest absolute Gasteiger partial charge is 0.133 e. The molecule has 0 amide bonds. The molecule has 5 heteroatoms. The Bertz CT molecular complexity index is 595. The lowest BCUT2D eigenvalue weighted by atomic mass is 9.90. The Labute approximate surface area is 144 Å². The lowest BCUT2D eigenvalue weighted by Gasteiger charge is -2.34. The Hall–Kier alpha value is -1.59. The van der Waals surface area contributed by atoms with Crippen LogP contribution in [0.4, 0.5) is 0 Å². The van der Waals surface area contributed by atoms with Gasteiger partial charge >= 0.3 is 0 Å². The first kappa shape index (κ1) is 18.7. The van der Waals surface area contributed by atoms with E-state index in [0.717, 1.165) is 31.2 Å². The molecule has 0 saturated heterocycles. The number of hydrogen-bond donors (Lipinski definition) is 3. The summed E-state index contributed by atoms with van der Waals surface area (Å²) < 4.78 is 6.06. The van der Waals surface area contributed by atoms with Crippen LogP contribution in [0.2, 0.25) is 0 Å². The molecular formula is C19H29NO4. The first-order chi connectivity index (χ1) is 11.4. The van der Waals surface area contributed by atoms with Gasteiger partial charge in [0.2, 0.25) is 0 Å². The van der Waals surface area contributed by atoms with E-state index in [1.807, 2.05) is 19.9 Å². The van der Waals surface area contributed by atoms with Crippen molar-refractivity contribution in [1.29, 1.82) is 0 Å². The van der Waals surface area contributed by atoms with Gasteiger partial charge in [-0.15, -0.1) is 0 Å². The predicted molar refractivity (Wildman–Crippen MR) is 95.2 cm³/mol. The van der Waals surface area contributed by atoms with Gasteiger partial charge in [0.1, 0.15) is 17.1 Å². The van der Waals surface area contributed by atoms with Crippen LogP contribution in [0.1, 0.15) is 57.6 Å². The second kappa shape index (κ2) is 7.99. The highest BCUT2D eigenvalue weighted by molar-refractivity contribution is 6.06. The number of aromatic hydroxyl groups is 1. The largest absolute Gasteiger partial charge is 0.507 e. The molecule has 1 heterocycles. The van der Waals surface area contributed by atoms with Crippen molar-refractivity contribution in [2.45, 2.75) is 64.6 Å². The highest BCUT2D eigenvalue weighted by Gasteiger charge is 2.33. The van der Waals surface area contributed by atoms with Crippen LogP contribution in [-0.4, -0.2) is 45.9 Å². The third-order valence-corrected chi connectivity index (χ3v) is 4.18. The van der Waals surface area contributed by atoms with Gasteiger partial charge in [0.15, 0.2) is 0 Å². The van der Waals surface area contributed by atoms with E-state index >= 15 is 0 Å². The Kier molecular flexibility index (Phi) is 6.24. The second-order valence-corrected chi connectivity index (χ2v) is 7.11.